The van der Waals surface area contributed by atoms with Crippen LogP contribution in [0.25, 0.3) is 0 Å². The van der Waals surface area contributed by atoms with Crippen LogP contribution in [0.5, 0.6) is 0 Å². The van der Waals surface area contributed by atoms with Gasteiger partial charge in [0.1, 0.15) is 6.61 Å². The maximum atomic E-state index is 11.8. The summed E-state index contributed by atoms with van der Waals surface area (Å²) in [5.74, 6) is -0.846. The minimum atomic E-state index is -0.675. The summed E-state index contributed by atoms with van der Waals surface area (Å²) < 4.78 is 5.50. The second-order valence-electron chi connectivity index (χ2n) is 3.81. The number of hydrogen-bond acceptors (Lipinski definition) is 4. The predicted octanol–water partition coefficient (Wildman–Crippen LogP) is 2.17. The molecule has 0 unspecified atom stereocenters. The number of carbonyl (C=O) groups is 3. The van der Waals surface area contributed by atoms with Gasteiger partial charge in [0.05, 0.1) is 6.54 Å². The van der Waals surface area contributed by atoms with Gasteiger partial charge in [0.2, 0.25) is 0 Å². The highest BCUT2D eigenvalue weighted by atomic mass is 79.9. The number of halogens is 1. The summed E-state index contributed by atoms with van der Waals surface area (Å²) in [5.41, 5.74) is 0.469. The first-order chi connectivity index (χ1) is 9.08. The molecule has 0 radical (unpaired) electrons. The van der Waals surface area contributed by atoms with E-state index in [1.807, 2.05) is 0 Å². The Labute approximate surface area is 118 Å². The number of imide groups is 1. The molecule has 19 heavy (non-hydrogen) atoms. The van der Waals surface area contributed by atoms with E-state index in [-0.39, 0.29) is 18.9 Å². The number of cyclic esters (lactones) is 1. The molecule has 1 aliphatic rings. The van der Waals surface area contributed by atoms with Crippen molar-refractivity contribution in [3.63, 3.8) is 0 Å². The van der Waals surface area contributed by atoms with Crippen LogP contribution < -0.4 is 0 Å². The summed E-state index contributed by atoms with van der Waals surface area (Å²) in [7, 11) is 0. The summed E-state index contributed by atoms with van der Waals surface area (Å²) in [5, 5.41) is 0. The Morgan fingerprint density at radius 2 is 1.89 bits per heavy atom. The van der Waals surface area contributed by atoms with E-state index in [0.717, 1.165) is 21.5 Å². The van der Waals surface area contributed by atoms with E-state index in [0.29, 0.717) is 5.56 Å². The first-order valence-electron chi connectivity index (χ1n) is 5.54. The highest BCUT2D eigenvalue weighted by Crippen LogP contribution is 2.11. The zero-order valence-electron chi connectivity index (χ0n) is 9.84. The number of carbonyl (C=O) groups excluding carboxylic acids is 3. The van der Waals surface area contributed by atoms with Gasteiger partial charge < -0.3 is 4.74 Å². The summed E-state index contributed by atoms with van der Waals surface area (Å²) >= 11 is 3.27. The van der Waals surface area contributed by atoms with Gasteiger partial charge in [-0.3, -0.25) is 9.59 Å². The van der Waals surface area contributed by atoms with E-state index >= 15 is 0 Å². The molecule has 1 aliphatic heterocycles. The second kappa shape index (κ2) is 5.79. The average Bonchev–Trinajstić information content (AvgIpc) is 2.83. The molecule has 1 heterocycles. The summed E-state index contributed by atoms with van der Waals surface area (Å²) in [4.78, 5) is 35.5. The lowest BCUT2D eigenvalue weighted by Crippen LogP contribution is -2.30. The van der Waals surface area contributed by atoms with Crippen molar-refractivity contribution in [3.8, 4) is 0 Å². The molecule has 98 valence electrons. The van der Waals surface area contributed by atoms with Gasteiger partial charge in [-0.15, -0.1) is 0 Å². The Bertz CT molecular complexity index is 550. The summed E-state index contributed by atoms with van der Waals surface area (Å²) in [6.45, 7) is 0.410. The first kappa shape index (κ1) is 13.5. The third-order valence-corrected chi connectivity index (χ3v) is 3.06. The normalized spacial score (nSPS) is 14.8. The van der Waals surface area contributed by atoms with Gasteiger partial charge in [0, 0.05) is 16.1 Å². The van der Waals surface area contributed by atoms with Crippen molar-refractivity contribution in [3.05, 3.63) is 46.5 Å². The highest BCUT2D eigenvalue weighted by Gasteiger charge is 2.26. The zero-order chi connectivity index (χ0) is 13.8. The van der Waals surface area contributed by atoms with Crippen LogP contribution in [-0.4, -0.2) is 35.8 Å². The Balaban J connectivity index is 2.02. The molecule has 0 atom stereocenters. The lowest BCUT2D eigenvalue weighted by molar-refractivity contribution is -0.122. The Kier molecular flexibility index (Phi) is 4.11. The molecule has 2 amide bonds. The summed E-state index contributed by atoms with van der Waals surface area (Å²) in [6.07, 6.45) is 1.56. The standard InChI is InChI=1S/C13H10BrNO4/c14-10-3-1-9(2-4-10)11(16)5-6-12(17)15-7-8-19-13(15)18/h1-6H,7-8H2/b6-5+. The van der Waals surface area contributed by atoms with Crippen molar-refractivity contribution in [2.24, 2.45) is 0 Å². The fraction of sp³-hybridized carbons (Fsp3) is 0.154. The monoisotopic (exact) mass is 323 g/mol. The van der Waals surface area contributed by atoms with Crippen molar-refractivity contribution >= 4 is 33.7 Å². The predicted molar refractivity (Wildman–Crippen MR) is 70.7 cm³/mol. The Hall–Kier alpha value is -1.95. The smallest absolute Gasteiger partial charge is 0.416 e. The molecular formula is C13H10BrNO4. The van der Waals surface area contributed by atoms with Crippen molar-refractivity contribution in [2.75, 3.05) is 13.2 Å². The molecule has 0 saturated carbocycles. The van der Waals surface area contributed by atoms with Crippen LogP contribution in [0.3, 0.4) is 0 Å². The molecule has 0 N–H and O–H groups in total. The number of amides is 2. The molecule has 0 bridgehead atoms. The van der Waals surface area contributed by atoms with Gasteiger partial charge in [0.15, 0.2) is 5.78 Å². The van der Waals surface area contributed by atoms with Crippen molar-refractivity contribution in [1.82, 2.24) is 4.90 Å². The topological polar surface area (TPSA) is 63.7 Å². The van der Waals surface area contributed by atoms with Crippen LogP contribution >= 0.6 is 15.9 Å². The molecule has 5 nitrogen and oxygen atoms in total. The molecular weight excluding hydrogens is 314 g/mol. The van der Waals surface area contributed by atoms with Crippen molar-refractivity contribution in [1.29, 1.82) is 0 Å². The fourth-order valence-electron chi connectivity index (χ4n) is 1.54. The quantitative estimate of drug-likeness (QED) is 0.631. The van der Waals surface area contributed by atoms with Crippen LogP contribution in [0.4, 0.5) is 4.79 Å². The third kappa shape index (κ3) is 3.29. The molecule has 1 aromatic rings. The second-order valence-corrected chi connectivity index (χ2v) is 4.72. The molecule has 0 spiro atoms. The highest BCUT2D eigenvalue weighted by molar-refractivity contribution is 9.10. The van der Waals surface area contributed by atoms with Crippen molar-refractivity contribution < 1.29 is 19.1 Å². The number of hydrogen-bond donors (Lipinski definition) is 0. The number of allylic oxidation sites excluding steroid dienone is 1. The SMILES string of the molecule is O=C(/C=C/C(=O)N1CCOC1=O)c1ccc(Br)cc1. The van der Waals surface area contributed by atoms with E-state index in [1.54, 1.807) is 24.3 Å². The molecule has 1 fully saturated rings. The van der Waals surface area contributed by atoms with Crippen LogP contribution in [0.15, 0.2) is 40.9 Å². The number of rotatable bonds is 3. The Morgan fingerprint density at radius 1 is 1.21 bits per heavy atom. The average molecular weight is 324 g/mol. The van der Waals surface area contributed by atoms with E-state index in [2.05, 4.69) is 20.7 Å². The van der Waals surface area contributed by atoms with E-state index in [4.69, 9.17) is 0 Å². The molecule has 0 aliphatic carbocycles. The minimum absolute atomic E-state index is 0.194. The lowest BCUT2D eigenvalue weighted by atomic mass is 10.1. The van der Waals surface area contributed by atoms with Crippen molar-refractivity contribution in [2.45, 2.75) is 0 Å². The fourth-order valence-corrected chi connectivity index (χ4v) is 1.81. The van der Waals surface area contributed by atoms with Crippen LogP contribution in [0.2, 0.25) is 0 Å². The molecule has 1 aromatic carbocycles. The van der Waals surface area contributed by atoms with Gasteiger partial charge in [-0.2, -0.15) is 0 Å². The van der Waals surface area contributed by atoms with E-state index in [1.165, 1.54) is 0 Å². The molecule has 1 saturated heterocycles. The van der Waals surface area contributed by atoms with Gasteiger partial charge in [-0.25, -0.2) is 9.69 Å². The molecule has 2 rings (SSSR count). The van der Waals surface area contributed by atoms with Crippen LogP contribution in [0, 0.1) is 0 Å². The van der Waals surface area contributed by atoms with Crippen LogP contribution in [0.1, 0.15) is 10.4 Å². The summed E-state index contributed by atoms with van der Waals surface area (Å²) in [6, 6.07) is 6.76. The number of ether oxygens (including phenoxy) is 1. The minimum Gasteiger partial charge on any atom is -0.447 e. The first-order valence-corrected chi connectivity index (χ1v) is 6.33. The molecule has 0 aromatic heterocycles. The van der Waals surface area contributed by atoms with E-state index < -0.39 is 12.0 Å². The van der Waals surface area contributed by atoms with Crippen LogP contribution in [-0.2, 0) is 9.53 Å². The largest absolute Gasteiger partial charge is 0.447 e. The van der Waals surface area contributed by atoms with Gasteiger partial charge >= 0.3 is 6.09 Å². The lowest BCUT2D eigenvalue weighted by Gasteiger charge is -2.06. The molecule has 6 heteroatoms. The van der Waals surface area contributed by atoms with E-state index in [9.17, 15) is 14.4 Å². The zero-order valence-corrected chi connectivity index (χ0v) is 11.4. The maximum Gasteiger partial charge on any atom is 0.416 e. The number of benzene rings is 1. The third-order valence-electron chi connectivity index (χ3n) is 2.53. The van der Waals surface area contributed by atoms with Gasteiger partial charge in [0.25, 0.3) is 5.91 Å². The maximum absolute atomic E-state index is 11.8. The Morgan fingerprint density at radius 3 is 2.47 bits per heavy atom. The van der Waals surface area contributed by atoms with Gasteiger partial charge in [-0.1, -0.05) is 15.9 Å². The number of ketones is 1. The number of nitrogens with zero attached hydrogens (tertiary/aromatic N) is 1. The van der Waals surface area contributed by atoms with Gasteiger partial charge in [-0.05, 0) is 30.3 Å².